The number of aromatic nitrogens is 2. The first-order chi connectivity index (χ1) is 9.67. The van der Waals surface area contributed by atoms with Crippen LogP contribution in [-0.4, -0.2) is 23.6 Å². The van der Waals surface area contributed by atoms with Crippen LogP contribution in [0.4, 0.5) is 0 Å². The number of nitrogens with zero attached hydrogens (tertiary/aromatic N) is 2. The molecule has 0 aliphatic rings. The predicted molar refractivity (Wildman–Crippen MR) is 80.0 cm³/mol. The fourth-order valence-corrected chi connectivity index (χ4v) is 2.35. The van der Waals surface area contributed by atoms with E-state index in [1.807, 2.05) is 32.0 Å². The second-order valence-electron chi connectivity index (χ2n) is 4.71. The third-order valence-electron chi connectivity index (χ3n) is 3.28. The highest BCUT2D eigenvalue weighted by Crippen LogP contribution is 2.29. The van der Waals surface area contributed by atoms with E-state index in [0.29, 0.717) is 0 Å². The second-order valence-corrected chi connectivity index (χ2v) is 4.71. The van der Waals surface area contributed by atoms with Crippen LogP contribution in [-0.2, 0) is 0 Å². The van der Waals surface area contributed by atoms with Gasteiger partial charge in [-0.25, -0.2) is 0 Å². The number of nitrogens with one attached hydrogen (secondary N) is 1. The van der Waals surface area contributed by atoms with Gasteiger partial charge in [0.2, 0.25) is 0 Å². The van der Waals surface area contributed by atoms with Crippen molar-refractivity contribution in [1.29, 1.82) is 0 Å². The lowest BCUT2D eigenvalue weighted by Crippen LogP contribution is -2.24. The summed E-state index contributed by atoms with van der Waals surface area (Å²) in [5.41, 5.74) is 4.07. The van der Waals surface area contributed by atoms with E-state index in [2.05, 4.69) is 28.3 Å². The zero-order chi connectivity index (χ0) is 14.5. The van der Waals surface area contributed by atoms with Crippen molar-refractivity contribution in [2.45, 2.75) is 26.8 Å². The molecule has 1 N–H and O–H groups in total. The van der Waals surface area contributed by atoms with Gasteiger partial charge in [0.05, 0.1) is 13.2 Å². The summed E-state index contributed by atoms with van der Waals surface area (Å²) < 4.78 is 5.43. The lowest BCUT2D eigenvalue weighted by Gasteiger charge is -2.21. The Morgan fingerprint density at radius 2 is 2.05 bits per heavy atom. The second kappa shape index (κ2) is 6.48. The largest absolute Gasteiger partial charge is 0.495 e. The van der Waals surface area contributed by atoms with Crippen LogP contribution in [0.5, 0.6) is 5.75 Å². The van der Waals surface area contributed by atoms with Crippen LogP contribution in [0, 0.1) is 13.8 Å². The maximum atomic E-state index is 5.43. The molecule has 2 aromatic rings. The fourth-order valence-electron chi connectivity index (χ4n) is 2.35. The van der Waals surface area contributed by atoms with Gasteiger partial charge in [-0.1, -0.05) is 13.0 Å². The Labute approximate surface area is 120 Å². The van der Waals surface area contributed by atoms with E-state index in [-0.39, 0.29) is 6.04 Å². The summed E-state index contributed by atoms with van der Waals surface area (Å²) in [6.07, 6.45) is 1.79. The summed E-state index contributed by atoms with van der Waals surface area (Å²) in [7, 11) is 1.67. The average Bonchev–Trinajstić information content (AvgIpc) is 2.45. The molecule has 0 saturated carbocycles. The maximum absolute atomic E-state index is 5.43. The smallest absolute Gasteiger partial charge is 0.142 e. The van der Waals surface area contributed by atoms with Crippen LogP contribution >= 0.6 is 0 Å². The molecule has 4 nitrogen and oxygen atoms in total. The molecule has 2 aromatic heterocycles. The van der Waals surface area contributed by atoms with Gasteiger partial charge >= 0.3 is 0 Å². The minimum Gasteiger partial charge on any atom is -0.495 e. The maximum Gasteiger partial charge on any atom is 0.142 e. The summed E-state index contributed by atoms with van der Waals surface area (Å²) in [4.78, 5) is 9.04. The third-order valence-corrected chi connectivity index (χ3v) is 3.28. The molecule has 20 heavy (non-hydrogen) atoms. The highest BCUT2D eigenvalue weighted by atomic mass is 16.5. The Kier molecular flexibility index (Phi) is 4.69. The molecule has 4 heteroatoms. The van der Waals surface area contributed by atoms with Gasteiger partial charge in [0.1, 0.15) is 11.4 Å². The molecule has 0 spiro atoms. The predicted octanol–water partition coefficient (Wildman–Crippen LogP) is 2.80. The van der Waals surface area contributed by atoms with Crippen molar-refractivity contribution in [1.82, 2.24) is 15.3 Å². The van der Waals surface area contributed by atoms with Crippen LogP contribution in [0.2, 0.25) is 0 Å². The molecule has 0 saturated heterocycles. The first-order valence-electron chi connectivity index (χ1n) is 6.83. The number of rotatable bonds is 5. The van der Waals surface area contributed by atoms with E-state index in [1.54, 1.807) is 13.3 Å². The summed E-state index contributed by atoms with van der Waals surface area (Å²) in [6, 6.07) is 7.94. The van der Waals surface area contributed by atoms with Gasteiger partial charge in [0.15, 0.2) is 0 Å². The monoisotopic (exact) mass is 271 g/mol. The highest BCUT2D eigenvalue weighted by Gasteiger charge is 2.20. The highest BCUT2D eigenvalue weighted by molar-refractivity contribution is 5.38. The SMILES string of the molecule is CCNC(c1ccc(C)nc1C)c1ncccc1OC. The Morgan fingerprint density at radius 3 is 2.70 bits per heavy atom. The van der Waals surface area contributed by atoms with Crippen LogP contribution in [0.1, 0.15) is 35.6 Å². The topological polar surface area (TPSA) is 47.0 Å². The molecule has 0 bridgehead atoms. The summed E-state index contributed by atoms with van der Waals surface area (Å²) >= 11 is 0. The molecule has 0 aromatic carbocycles. The Morgan fingerprint density at radius 1 is 1.25 bits per heavy atom. The molecular formula is C16H21N3O. The lowest BCUT2D eigenvalue weighted by atomic mass is 10.0. The molecule has 0 amide bonds. The summed E-state index contributed by atoms with van der Waals surface area (Å²) in [5.74, 6) is 0.790. The van der Waals surface area contributed by atoms with Gasteiger partial charge in [-0.05, 0) is 44.2 Å². The molecule has 0 fully saturated rings. The van der Waals surface area contributed by atoms with E-state index in [4.69, 9.17) is 4.74 Å². The fraction of sp³-hybridized carbons (Fsp3) is 0.375. The summed E-state index contributed by atoms with van der Waals surface area (Å²) in [5, 5.41) is 3.47. The van der Waals surface area contributed by atoms with E-state index >= 15 is 0 Å². The van der Waals surface area contributed by atoms with Crippen LogP contribution in [0.15, 0.2) is 30.5 Å². The quantitative estimate of drug-likeness (QED) is 0.908. The van der Waals surface area contributed by atoms with Crippen molar-refractivity contribution < 1.29 is 4.74 Å². The molecule has 0 aliphatic heterocycles. The van der Waals surface area contributed by atoms with E-state index in [0.717, 1.165) is 34.9 Å². The number of aryl methyl sites for hydroxylation is 2. The number of hydrogen-bond acceptors (Lipinski definition) is 4. The van der Waals surface area contributed by atoms with Crippen molar-refractivity contribution in [2.75, 3.05) is 13.7 Å². The number of ether oxygens (including phenoxy) is 1. The standard InChI is InChI=1S/C16H21N3O/c1-5-17-15(13-9-8-11(2)19-12(13)3)16-14(20-4)7-6-10-18-16/h6-10,15,17H,5H2,1-4H3. The van der Waals surface area contributed by atoms with Crippen molar-refractivity contribution in [3.05, 3.63) is 53.1 Å². The Hall–Kier alpha value is -1.94. The molecule has 2 rings (SSSR count). The zero-order valence-corrected chi connectivity index (χ0v) is 12.5. The molecular weight excluding hydrogens is 250 g/mol. The van der Waals surface area contributed by atoms with Gasteiger partial charge in [-0.2, -0.15) is 0 Å². The number of methoxy groups -OCH3 is 1. The molecule has 0 aliphatic carbocycles. The number of pyridine rings is 2. The third kappa shape index (κ3) is 2.96. The number of hydrogen-bond donors (Lipinski definition) is 1. The van der Waals surface area contributed by atoms with Gasteiger partial charge in [0, 0.05) is 17.6 Å². The molecule has 106 valence electrons. The van der Waals surface area contributed by atoms with Crippen LogP contribution in [0.25, 0.3) is 0 Å². The molecule has 0 radical (unpaired) electrons. The Balaban J connectivity index is 2.50. The normalized spacial score (nSPS) is 12.2. The minimum atomic E-state index is -0.00995. The van der Waals surface area contributed by atoms with Crippen molar-refractivity contribution in [3.63, 3.8) is 0 Å². The van der Waals surface area contributed by atoms with Crippen LogP contribution in [0.3, 0.4) is 0 Å². The van der Waals surface area contributed by atoms with E-state index in [1.165, 1.54) is 0 Å². The molecule has 1 unspecified atom stereocenters. The van der Waals surface area contributed by atoms with Gasteiger partial charge in [0.25, 0.3) is 0 Å². The van der Waals surface area contributed by atoms with Gasteiger partial charge in [-0.15, -0.1) is 0 Å². The van der Waals surface area contributed by atoms with Crippen molar-refractivity contribution >= 4 is 0 Å². The minimum absolute atomic E-state index is 0.00995. The molecule has 2 heterocycles. The Bertz CT molecular complexity index is 584. The van der Waals surface area contributed by atoms with Crippen molar-refractivity contribution in [2.24, 2.45) is 0 Å². The lowest BCUT2D eigenvalue weighted by molar-refractivity contribution is 0.400. The first-order valence-corrected chi connectivity index (χ1v) is 6.83. The van der Waals surface area contributed by atoms with Crippen LogP contribution < -0.4 is 10.1 Å². The zero-order valence-electron chi connectivity index (χ0n) is 12.5. The van der Waals surface area contributed by atoms with E-state index in [9.17, 15) is 0 Å². The van der Waals surface area contributed by atoms with Gasteiger partial charge < -0.3 is 10.1 Å². The van der Waals surface area contributed by atoms with Gasteiger partial charge in [-0.3, -0.25) is 9.97 Å². The van der Waals surface area contributed by atoms with Crippen molar-refractivity contribution in [3.8, 4) is 5.75 Å². The average molecular weight is 271 g/mol. The first kappa shape index (κ1) is 14.5. The van der Waals surface area contributed by atoms with E-state index < -0.39 is 0 Å². The summed E-state index contributed by atoms with van der Waals surface area (Å²) in [6.45, 7) is 6.96. The molecule has 1 atom stereocenters.